The normalized spacial score (nSPS) is 17.0. The van der Waals surface area contributed by atoms with E-state index in [1.807, 2.05) is 6.07 Å². The van der Waals surface area contributed by atoms with Gasteiger partial charge in [-0.15, -0.1) is 0 Å². The van der Waals surface area contributed by atoms with Crippen LogP contribution in [0.5, 0.6) is 0 Å². The Morgan fingerprint density at radius 3 is 2.71 bits per heavy atom. The Kier molecular flexibility index (Phi) is 6.05. The Balaban J connectivity index is 1.90. The first-order chi connectivity index (χ1) is 10.1. The minimum absolute atomic E-state index is 0.0608. The number of benzene rings is 1. The average molecular weight is 312 g/mol. The van der Waals surface area contributed by atoms with Crippen LogP contribution in [0.4, 0.5) is 4.39 Å². The highest BCUT2D eigenvalue weighted by atomic mass is 32.1. The Morgan fingerprint density at radius 1 is 1.38 bits per heavy atom. The maximum atomic E-state index is 13.6. The van der Waals surface area contributed by atoms with Crippen LogP contribution in [0.15, 0.2) is 18.2 Å². The molecule has 0 saturated carbocycles. The Morgan fingerprint density at radius 2 is 2.10 bits per heavy atom. The quantitative estimate of drug-likeness (QED) is 0.778. The molecule has 3 N–H and O–H groups in total. The van der Waals surface area contributed by atoms with Crippen molar-refractivity contribution in [3.63, 3.8) is 0 Å². The molecule has 2 rings (SSSR count). The molecule has 1 aliphatic heterocycles. The molecule has 4 nitrogen and oxygen atoms in total. The Bertz CT molecular complexity index is 491. The molecule has 1 aromatic rings. The second-order valence-electron chi connectivity index (χ2n) is 5.28. The summed E-state index contributed by atoms with van der Waals surface area (Å²) in [5, 5.41) is 8.75. The highest BCUT2D eigenvalue weighted by Crippen LogP contribution is 2.17. The first-order valence-electron chi connectivity index (χ1n) is 7.12. The summed E-state index contributed by atoms with van der Waals surface area (Å²) in [6, 6.07) is 4.73. The number of thiocarbonyl (C=S) groups is 1. The fraction of sp³-hybridized carbons (Fsp3) is 0.533. The summed E-state index contributed by atoms with van der Waals surface area (Å²) in [7, 11) is 0. The van der Waals surface area contributed by atoms with Crippen molar-refractivity contribution >= 4 is 17.2 Å². The first kappa shape index (κ1) is 16.3. The van der Waals surface area contributed by atoms with E-state index < -0.39 is 0 Å². The molecular formula is C15H21FN2O2S. The zero-order chi connectivity index (χ0) is 15.2. The summed E-state index contributed by atoms with van der Waals surface area (Å²) >= 11 is 4.90. The summed E-state index contributed by atoms with van der Waals surface area (Å²) in [6.07, 6.45) is 2.07. The van der Waals surface area contributed by atoms with E-state index in [4.69, 9.17) is 27.8 Å². The van der Waals surface area contributed by atoms with Crippen molar-refractivity contribution in [3.8, 4) is 0 Å². The summed E-state index contributed by atoms with van der Waals surface area (Å²) in [5.74, 6) is -0.309. The molecular weight excluding hydrogens is 291 g/mol. The first-order valence-corrected chi connectivity index (χ1v) is 7.53. The maximum absolute atomic E-state index is 13.6. The molecule has 0 aromatic heterocycles. The van der Waals surface area contributed by atoms with Crippen LogP contribution < -0.4 is 5.73 Å². The molecule has 116 valence electrons. The minimum Gasteiger partial charge on any atom is -0.394 e. The Hall–Kier alpha value is -1.08. The molecule has 1 aromatic carbocycles. The van der Waals surface area contributed by atoms with E-state index in [9.17, 15) is 4.39 Å². The van der Waals surface area contributed by atoms with Crippen molar-refractivity contribution in [1.29, 1.82) is 0 Å². The number of hydrogen-bond acceptors (Lipinski definition) is 4. The maximum Gasteiger partial charge on any atom is 0.124 e. The molecule has 6 heteroatoms. The molecule has 1 saturated heterocycles. The molecule has 21 heavy (non-hydrogen) atoms. The number of nitrogens with two attached hydrogens (primary N) is 1. The minimum atomic E-state index is -0.309. The highest BCUT2D eigenvalue weighted by molar-refractivity contribution is 7.80. The van der Waals surface area contributed by atoms with E-state index in [1.165, 1.54) is 12.1 Å². The van der Waals surface area contributed by atoms with E-state index in [0.717, 1.165) is 31.5 Å². The zero-order valence-electron chi connectivity index (χ0n) is 11.9. The van der Waals surface area contributed by atoms with Crippen molar-refractivity contribution in [2.24, 2.45) is 5.73 Å². The lowest BCUT2D eigenvalue weighted by Gasteiger charge is -2.31. The second-order valence-corrected chi connectivity index (χ2v) is 5.72. The Labute approximate surface area is 129 Å². The van der Waals surface area contributed by atoms with Gasteiger partial charge in [0.05, 0.1) is 19.3 Å². The summed E-state index contributed by atoms with van der Waals surface area (Å²) in [4.78, 5) is 2.48. The third-order valence-electron chi connectivity index (χ3n) is 3.63. The lowest BCUT2D eigenvalue weighted by molar-refractivity contribution is -0.00902. The van der Waals surface area contributed by atoms with Crippen LogP contribution in [-0.2, 0) is 11.3 Å². The molecule has 1 fully saturated rings. The van der Waals surface area contributed by atoms with Crippen molar-refractivity contribution in [1.82, 2.24) is 4.90 Å². The average Bonchev–Trinajstić information content (AvgIpc) is 2.46. The number of halogens is 1. The molecule has 0 atom stereocenters. The fourth-order valence-electron chi connectivity index (χ4n) is 2.60. The zero-order valence-corrected chi connectivity index (χ0v) is 12.7. The number of likely N-dealkylation sites (tertiary alicyclic amines) is 1. The summed E-state index contributed by atoms with van der Waals surface area (Å²) in [6.45, 7) is 2.93. The van der Waals surface area contributed by atoms with Gasteiger partial charge in [0.1, 0.15) is 10.8 Å². The largest absolute Gasteiger partial charge is 0.394 e. The summed E-state index contributed by atoms with van der Waals surface area (Å²) < 4.78 is 19.1. The molecule has 0 aliphatic carbocycles. The molecule has 0 bridgehead atoms. The van der Waals surface area contributed by atoms with Gasteiger partial charge in [0.25, 0.3) is 0 Å². The van der Waals surface area contributed by atoms with Gasteiger partial charge in [0.2, 0.25) is 0 Å². The number of rotatable bonds is 6. The van der Waals surface area contributed by atoms with E-state index in [-0.39, 0.29) is 23.5 Å². The predicted octanol–water partition coefficient (Wildman–Crippen LogP) is 1.43. The van der Waals surface area contributed by atoms with Gasteiger partial charge in [-0.3, -0.25) is 4.90 Å². The molecule has 0 radical (unpaired) electrons. The van der Waals surface area contributed by atoms with Crippen LogP contribution in [0, 0.1) is 5.82 Å². The van der Waals surface area contributed by atoms with Crippen LogP contribution in [-0.4, -0.2) is 47.4 Å². The second kappa shape index (κ2) is 7.79. The third-order valence-corrected chi connectivity index (χ3v) is 3.86. The molecule has 1 aliphatic rings. The van der Waals surface area contributed by atoms with Crippen molar-refractivity contribution in [2.75, 3.05) is 26.3 Å². The lowest BCUT2D eigenvalue weighted by Crippen LogP contribution is -2.37. The van der Waals surface area contributed by atoms with Gasteiger partial charge >= 0.3 is 0 Å². The predicted molar refractivity (Wildman–Crippen MR) is 83.6 cm³/mol. The standard InChI is InChI=1S/C15H21FN2O2S/c16-13-8-11(7-12(9-13)15(17)21)10-18-3-1-14(2-4-18)20-6-5-19/h7-9,14,19H,1-6,10H2,(H2,17,21). The smallest absolute Gasteiger partial charge is 0.124 e. The van der Waals surface area contributed by atoms with Crippen molar-refractivity contribution < 1.29 is 14.2 Å². The van der Waals surface area contributed by atoms with Crippen molar-refractivity contribution in [3.05, 3.63) is 35.1 Å². The number of piperidine rings is 1. The monoisotopic (exact) mass is 312 g/mol. The molecule has 0 unspecified atom stereocenters. The van der Waals surface area contributed by atoms with Gasteiger partial charge in [0, 0.05) is 25.2 Å². The third kappa shape index (κ3) is 5.00. The number of aliphatic hydroxyl groups is 1. The molecule has 0 spiro atoms. The molecule has 1 heterocycles. The number of nitrogens with zero attached hydrogens (tertiary/aromatic N) is 1. The van der Waals surface area contributed by atoms with Gasteiger partial charge in [-0.2, -0.15) is 0 Å². The van der Waals surface area contributed by atoms with Crippen molar-refractivity contribution in [2.45, 2.75) is 25.5 Å². The molecule has 0 amide bonds. The van der Waals surface area contributed by atoms with Crippen LogP contribution >= 0.6 is 12.2 Å². The van der Waals surface area contributed by atoms with Gasteiger partial charge in [0.15, 0.2) is 0 Å². The number of aliphatic hydroxyl groups excluding tert-OH is 1. The van der Waals surface area contributed by atoms with Gasteiger partial charge in [-0.25, -0.2) is 4.39 Å². The van der Waals surface area contributed by atoms with E-state index in [0.29, 0.717) is 18.7 Å². The van der Waals surface area contributed by atoms with Crippen LogP contribution in [0.1, 0.15) is 24.0 Å². The lowest BCUT2D eigenvalue weighted by atomic mass is 10.1. The van der Waals surface area contributed by atoms with Crippen LogP contribution in [0.3, 0.4) is 0 Å². The van der Waals surface area contributed by atoms with Crippen LogP contribution in [0.25, 0.3) is 0 Å². The van der Waals surface area contributed by atoms with Gasteiger partial charge in [-0.1, -0.05) is 12.2 Å². The van der Waals surface area contributed by atoms with Gasteiger partial charge < -0.3 is 15.6 Å². The summed E-state index contributed by atoms with van der Waals surface area (Å²) in [5.41, 5.74) is 7.02. The van der Waals surface area contributed by atoms with E-state index in [2.05, 4.69) is 4.90 Å². The van der Waals surface area contributed by atoms with Gasteiger partial charge in [-0.05, 0) is 36.6 Å². The highest BCUT2D eigenvalue weighted by Gasteiger charge is 2.19. The number of hydrogen-bond donors (Lipinski definition) is 2. The SMILES string of the molecule is NC(=S)c1cc(F)cc(CN2CCC(OCCO)CC2)c1. The van der Waals surface area contributed by atoms with E-state index >= 15 is 0 Å². The fourth-order valence-corrected chi connectivity index (χ4v) is 2.71. The topological polar surface area (TPSA) is 58.7 Å². The van der Waals surface area contributed by atoms with E-state index in [1.54, 1.807) is 0 Å². The van der Waals surface area contributed by atoms with Crippen LogP contribution in [0.2, 0.25) is 0 Å². The number of ether oxygens (including phenoxy) is 1.